The summed E-state index contributed by atoms with van der Waals surface area (Å²) in [5.74, 6) is 0. The molecule has 1 aromatic rings. The Kier molecular flexibility index (Phi) is 5.98. The standard InChI is InChI=1S/C15H25N3S/c1-3-9-13-15(19-18-17-13)14(16-2)12-10-7-5-4-6-8-11-12/h10,14,16H,3-9,11H2,1-2H3. The smallest absolute Gasteiger partial charge is 0.0807 e. The lowest BCUT2D eigenvalue weighted by Crippen LogP contribution is -2.19. The molecule has 1 unspecified atom stereocenters. The zero-order valence-electron chi connectivity index (χ0n) is 12.1. The first-order valence-corrected chi connectivity index (χ1v) is 8.31. The number of hydrogen-bond acceptors (Lipinski definition) is 4. The van der Waals surface area contributed by atoms with Crippen LogP contribution < -0.4 is 5.32 Å². The van der Waals surface area contributed by atoms with E-state index in [-0.39, 0.29) is 0 Å². The molecule has 1 atom stereocenters. The van der Waals surface area contributed by atoms with Gasteiger partial charge in [-0.25, -0.2) is 0 Å². The number of nitrogens with zero attached hydrogens (tertiary/aromatic N) is 2. The Balaban J connectivity index is 2.19. The Morgan fingerprint density at radius 1 is 1.32 bits per heavy atom. The normalized spacial score (nSPS) is 18.5. The second kappa shape index (κ2) is 7.75. The van der Waals surface area contributed by atoms with Crippen LogP contribution in [0.3, 0.4) is 0 Å². The van der Waals surface area contributed by atoms with Gasteiger partial charge in [-0.3, -0.25) is 0 Å². The predicted molar refractivity (Wildman–Crippen MR) is 81.5 cm³/mol. The highest BCUT2D eigenvalue weighted by Crippen LogP contribution is 2.32. The van der Waals surface area contributed by atoms with Crippen molar-refractivity contribution in [2.45, 2.75) is 64.3 Å². The van der Waals surface area contributed by atoms with E-state index < -0.39 is 0 Å². The van der Waals surface area contributed by atoms with Crippen molar-refractivity contribution >= 4 is 11.5 Å². The Labute approximate surface area is 120 Å². The van der Waals surface area contributed by atoms with Crippen LogP contribution >= 0.6 is 11.5 Å². The van der Waals surface area contributed by atoms with Crippen molar-refractivity contribution in [3.8, 4) is 0 Å². The molecule has 0 radical (unpaired) electrons. The van der Waals surface area contributed by atoms with Gasteiger partial charge in [0.15, 0.2) is 0 Å². The van der Waals surface area contributed by atoms with Crippen LogP contribution in [-0.4, -0.2) is 16.6 Å². The maximum Gasteiger partial charge on any atom is 0.0807 e. The van der Waals surface area contributed by atoms with Gasteiger partial charge in [0.25, 0.3) is 0 Å². The topological polar surface area (TPSA) is 37.8 Å². The maximum atomic E-state index is 4.31. The molecule has 1 aliphatic rings. The molecule has 0 bridgehead atoms. The van der Waals surface area contributed by atoms with Gasteiger partial charge in [0.05, 0.1) is 16.6 Å². The zero-order valence-corrected chi connectivity index (χ0v) is 12.9. The number of nitrogens with one attached hydrogen (secondary N) is 1. The van der Waals surface area contributed by atoms with Crippen LogP contribution in [0.5, 0.6) is 0 Å². The van der Waals surface area contributed by atoms with E-state index in [2.05, 4.69) is 35.0 Å². The van der Waals surface area contributed by atoms with Crippen LogP contribution in [0.2, 0.25) is 0 Å². The molecular formula is C15H25N3S. The summed E-state index contributed by atoms with van der Waals surface area (Å²) in [5.41, 5.74) is 2.74. The van der Waals surface area contributed by atoms with Crippen molar-refractivity contribution in [2.24, 2.45) is 0 Å². The van der Waals surface area contributed by atoms with Gasteiger partial charge >= 0.3 is 0 Å². The second-order valence-corrected chi connectivity index (χ2v) is 6.07. The molecule has 4 heteroatoms. The van der Waals surface area contributed by atoms with E-state index in [1.807, 2.05) is 0 Å². The molecule has 1 heterocycles. The van der Waals surface area contributed by atoms with Crippen LogP contribution in [-0.2, 0) is 6.42 Å². The molecule has 0 aromatic carbocycles. The van der Waals surface area contributed by atoms with Crippen molar-refractivity contribution in [1.29, 1.82) is 0 Å². The Morgan fingerprint density at radius 2 is 2.16 bits per heavy atom. The molecule has 19 heavy (non-hydrogen) atoms. The van der Waals surface area contributed by atoms with E-state index in [0.717, 1.165) is 12.8 Å². The monoisotopic (exact) mass is 279 g/mol. The summed E-state index contributed by atoms with van der Waals surface area (Å²) < 4.78 is 4.17. The average molecular weight is 279 g/mol. The Morgan fingerprint density at radius 3 is 2.95 bits per heavy atom. The van der Waals surface area contributed by atoms with Crippen LogP contribution in [0.4, 0.5) is 0 Å². The summed E-state index contributed by atoms with van der Waals surface area (Å²) in [6, 6.07) is 0.333. The summed E-state index contributed by atoms with van der Waals surface area (Å²) in [7, 11) is 2.06. The van der Waals surface area contributed by atoms with Crippen molar-refractivity contribution in [3.63, 3.8) is 0 Å². The third-order valence-electron chi connectivity index (χ3n) is 3.82. The number of allylic oxidation sites excluding steroid dienone is 1. The van der Waals surface area contributed by atoms with Crippen LogP contribution in [0.1, 0.15) is 68.5 Å². The predicted octanol–water partition coefficient (Wildman–Crippen LogP) is 4.03. The van der Waals surface area contributed by atoms with Gasteiger partial charge in [0.1, 0.15) is 0 Å². The Hall–Kier alpha value is -0.740. The van der Waals surface area contributed by atoms with Crippen LogP contribution in [0.25, 0.3) is 0 Å². The minimum Gasteiger partial charge on any atom is -0.309 e. The van der Waals surface area contributed by atoms with E-state index in [0.29, 0.717) is 6.04 Å². The molecule has 1 aliphatic carbocycles. The van der Waals surface area contributed by atoms with E-state index >= 15 is 0 Å². The first-order chi connectivity index (χ1) is 9.36. The SMILES string of the molecule is CCCc1nnsc1C(NC)C1=CCCCCCC1. The van der Waals surface area contributed by atoms with Gasteiger partial charge < -0.3 is 5.32 Å². The third-order valence-corrected chi connectivity index (χ3v) is 4.65. The third kappa shape index (κ3) is 3.86. The second-order valence-electron chi connectivity index (χ2n) is 5.29. The summed E-state index contributed by atoms with van der Waals surface area (Å²) in [6.07, 6.45) is 12.5. The van der Waals surface area contributed by atoms with E-state index in [1.165, 1.54) is 49.1 Å². The first kappa shape index (κ1) is 14.7. The van der Waals surface area contributed by atoms with Crippen molar-refractivity contribution < 1.29 is 0 Å². The van der Waals surface area contributed by atoms with Gasteiger partial charge in [-0.15, -0.1) is 5.10 Å². The van der Waals surface area contributed by atoms with Crippen LogP contribution in [0, 0.1) is 0 Å². The highest BCUT2D eigenvalue weighted by Gasteiger charge is 2.21. The number of likely N-dealkylation sites (N-methyl/N-ethyl adjacent to an activating group) is 1. The molecular weight excluding hydrogens is 254 g/mol. The first-order valence-electron chi connectivity index (χ1n) is 7.54. The summed E-state index contributed by atoms with van der Waals surface area (Å²) in [5, 5.41) is 7.80. The van der Waals surface area contributed by atoms with Gasteiger partial charge in [-0.1, -0.05) is 42.3 Å². The quantitative estimate of drug-likeness (QED) is 0.827. The lowest BCUT2D eigenvalue weighted by atomic mass is 9.93. The molecule has 0 aliphatic heterocycles. The fourth-order valence-corrected chi connectivity index (χ4v) is 3.66. The van der Waals surface area contributed by atoms with Crippen LogP contribution in [0.15, 0.2) is 11.6 Å². The molecule has 0 saturated carbocycles. The minimum atomic E-state index is 0.333. The maximum absolute atomic E-state index is 4.31. The summed E-state index contributed by atoms with van der Waals surface area (Å²) in [4.78, 5) is 1.33. The van der Waals surface area contributed by atoms with Crippen molar-refractivity contribution in [3.05, 3.63) is 22.2 Å². The molecule has 0 spiro atoms. The molecule has 1 aromatic heterocycles. The number of hydrogen-bond donors (Lipinski definition) is 1. The molecule has 3 nitrogen and oxygen atoms in total. The summed E-state index contributed by atoms with van der Waals surface area (Å²) >= 11 is 1.56. The number of rotatable bonds is 5. The molecule has 0 saturated heterocycles. The molecule has 0 amide bonds. The largest absolute Gasteiger partial charge is 0.309 e. The summed E-state index contributed by atoms with van der Waals surface area (Å²) in [6.45, 7) is 2.20. The number of aryl methyl sites for hydroxylation is 1. The van der Waals surface area contributed by atoms with E-state index in [1.54, 1.807) is 17.1 Å². The lowest BCUT2D eigenvalue weighted by molar-refractivity contribution is 0.574. The molecule has 2 rings (SSSR count). The van der Waals surface area contributed by atoms with Gasteiger partial charge in [0, 0.05) is 0 Å². The highest BCUT2D eigenvalue weighted by molar-refractivity contribution is 7.05. The lowest BCUT2D eigenvalue weighted by Gasteiger charge is -2.21. The molecule has 0 fully saturated rings. The fraction of sp³-hybridized carbons (Fsp3) is 0.733. The fourth-order valence-electron chi connectivity index (χ4n) is 2.81. The highest BCUT2D eigenvalue weighted by atomic mass is 32.1. The van der Waals surface area contributed by atoms with E-state index in [9.17, 15) is 0 Å². The number of aromatic nitrogens is 2. The zero-order chi connectivity index (χ0) is 13.5. The molecule has 106 valence electrons. The minimum absolute atomic E-state index is 0.333. The van der Waals surface area contributed by atoms with Crippen molar-refractivity contribution in [2.75, 3.05) is 7.05 Å². The van der Waals surface area contributed by atoms with Gasteiger partial charge in [0.2, 0.25) is 0 Å². The van der Waals surface area contributed by atoms with E-state index in [4.69, 9.17) is 0 Å². The Bertz CT molecular complexity index is 411. The van der Waals surface area contributed by atoms with Crippen molar-refractivity contribution in [1.82, 2.24) is 14.9 Å². The molecule has 1 N–H and O–H groups in total. The van der Waals surface area contributed by atoms with Gasteiger partial charge in [-0.2, -0.15) is 0 Å². The average Bonchev–Trinajstić information content (AvgIpc) is 2.81. The van der Waals surface area contributed by atoms with Gasteiger partial charge in [-0.05, 0) is 50.7 Å².